The molecule has 2 aliphatic rings. The third-order valence-electron chi connectivity index (χ3n) is 4.48. The van der Waals surface area contributed by atoms with Crippen molar-refractivity contribution in [3.8, 4) is 0 Å². The lowest BCUT2D eigenvalue weighted by atomic mass is 9.98. The maximum atomic E-state index is 12.1. The van der Waals surface area contributed by atoms with Crippen molar-refractivity contribution in [1.82, 2.24) is 4.72 Å². The quantitative estimate of drug-likeness (QED) is 0.877. The Bertz CT molecular complexity index is 565. The van der Waals surface area contributed by atoms with Crippen LogP contribution < -0.4 is 10.0 Å². The molecule has 1 aliphatic carbocycles. The molecule has 4 nitrogen and oxygen atoms in total. The van der Waals surface area contributed by atoms with Gasteiger partial charge in [-0.3, -0.25) is 0 Å². The van der Waals surface area contributed by atoms with Crippen molar-refractivity contribution in [2.75, 3.05) is 18.4 Å². The van der Waals surface area contributed by atoms with Crippen LogP contribution in [-0.2, 0) is 10.0 Å². The Labute approximate surface area is 121 Å². The molecule has 0 amide bonds. The van der Waals surface area contributed by atoms with E-state index >= 15 is 0 Å². The van der Waals surface area contributed by atoms with Gasteiger partial charge in [0.05, 0.1) is 5.25 Å². The molecule has 110 valence electrons. The van der Waals surface area contributed by atoms with Crippen molar-refractivity contribution in [2.24, 2.45) is 0 Å². The summed E-state index contributed by atoms with van der Waals surface area (Å²) >= 11 is 0. The summed E-state index contributed by atoms with van der Waals surface area (Å²) in [6.45, 7) is 1.45. The zero-order valence-corrected chi connectivity index (χ0v) is 12.5. The number of anilines is 1. The molecule has 0 saturated heterocycles. The maximum absolute atomic E-state index is 12.1. The third-order valence-corrected chi connectivity index (χ3v) is 6.43. The van der Waals surface area contributed by atoms with E-state index in [0.717, 1.165) is 38.6 Å². The first-order chi connectivity index (χ1) is 9.67. The highest BCUT2D eigenvalue weighted by Crippen LogP contribution is 2.33. The summed E-state index contributed by atoms with van der Waals surface area (Å²) in [4.78, 5) is 0. The molecule has 1 aliphatic heterocycles. The Kier molecular flexibility index (Phi) is 3.98. The Morgan fingerprint density at radius 3 is 2.75 bits per heavy atom. The molecule has 0 aromatic heterocycles. The van der Waals surface area contributed by atoms with Gasteiger partial charge < -0.3 is 5.32 Å². The van der Waals surface area contributed by atoms with Gasteiger partial charge in [-0.2, -0.15) is 0 Å². The van der Waals surface area contributed by atoms with Crippen molar-refractivity contribution in [1.29, 1.82) is 0 Å². The van der Waals surface area contributed by atoms with Gasteiger partial charge in [0.15, 0.2) is 0 Å². The minimum Gasteiger partial charge on any atom is -0.384 e. The predicted molar refractivity (Wildman–Crippen MR) is 81.5 cm³/mol. The van der Waals surface area contributed by atoms with Crippen LogP contribution in [0.3, 0.4) is 0 Å². The first-order valence-electron chi connectivity index (χ1n) is 7.48. The molecule has 0 radical (unpaired) electrons. The van der Waals surface area contributed by atoms with Gasteiger partial charge in [0, 0.05) is 24.7 Å². The molecule has 3 rings (SSSR count). The van der Waals surface area contributed by atoms with Crippen molar-refractivity contribution in [2.45, 2.75) is 43.3 Å². The van der Waals surface area contributed by atoms with E-state index in [1.807, 2.05) is 12.1 Å². The summed E-state index contributed by atoms with van der Waals surface area (Å²) in [7, 11) is -3.10. The van der Waals surface area contributed by atoms with Crippen molar-refractivity contribution in [3.05, 3.63) is 29.8 Å². The highest BCUT2D eigenvalue weighted by Gasteiger charge is 2.29. The van der Waals surface area contributed by atoms with Crippen LogP contribution in [0.5, 0.6) is 0 Å². The van der Waals surface area contributed by atoms with E-state index < -0.39 is 10.0 Å². The zero-order valence-electron chi connectivity index (χ0n) is 11.6. The van der Waals surface area contributed by atoms with Gasteiger partial charge in [-0.05, 0) is 30.9 Å². The third kappa shape index (κ3) is 2.83. The lowest BCUT2D eigenvalue weighted by Gasteiger charge is -2.14. The Morgan fingerprint density at radius 2 is 1.95 bits per heavy atom. The topological polar surface area (TPSA) is 58.2 Å². The van der Waals surface area contributed by atoms with Gasteiger partial charge in [-0.15, -0.1) is 0 Å². The minimum atomic E-state index is -3.10. The van der Waals surface area contributed by atoms with E-state index in [1.165, 1.54) is 11.3 Å². The van der Waals surface area contributed by atoms with Crippen LogP contribution in [0.25, 0.3) is 0 Å². The molecular formula is C15H22N2O2S. The maximum Gasteiger partial charge on any atom is 0.214 e. The number of rotatable bonds is 5. The van der Waals surface area contributed by atoms with Gasteiger partial charge in [0.25, 0.3) is 0 Å². The number of sulfonamides is 1. The zero-order chi connectivity index (χ0) is 14.0. The number of fused-ring (bicyclic) bond motifs is 1. The van der Waals surface area contributed by atoms with Crippen LogP contribution in [0.4, 0.5) is 5.69 Å². The van der Waals surface area contributed by atoms with Crippen molar-refractivity contribution >= 4 is 15.7 Å². The summed E-state index contributed by atoms with van der Waals surface area (Å²) < 4.78 is 27.1. The SMILES string of the molecule is O=S(=O)(NCCC1CNc2ccccc21)C1CCCC1. The largest absolute Gasteiger partial charge is 0.384 e. The monoisotopic (exact) mass is 294 g/mol. The highest BCUT2D eigenvalue weighted by molar-refractivity contribution is 7.90. The van der Waals surface area contributed by atoms with Crippen molar-refractivity contribution in [3.63, 3.8) is 0 Å². The van der Waals surface area contributed by atoms with Crippen LogP contribution in [-0.4, -0.2) is 26.8 Å². The Hall–Kier alpha value is -1.07. The number of hydrogen-bond acceptors (Lipinski definition) is 3. The minimum absolute atomic E-state index is 0.156. The van der Waals surface area contributed by atoms with E-state index in [2.05, 4.69) is 22.2 Å². The molecule has 1 fully saturated rings. The van der Waals surface area contributed by atoms with Crippen molar-refractivity contribution < 1.29 is 8.42 Å². The standard InChI is InChI=1S/C15H22N2O2S/c18-20(19,13-5-1-2-6-13)17-10-9-12-11-16-15-8-4-3-7-14(12)15/h3-4,7-8,12-13,16-17H,1-2,5-6,9-11H2. The second-order valence-corrected chi connectivity index (χ2v) is 7.84. The molecule has 1 heterocycles. The summed E-state index contributed by atoms with van der Waals surface area (Å²) in [6, 6.07) is 8.28. The highest BCUT2D eigenvalue weighted by atomic mass is 32.2. The summed E-state index contributed by atoms with van der Waals surface area (Å²) in [5.74, 6) is 0.414. The van der Waals surface area contributed by atoms with Crippen LogP contribution in [0, 0.1) is 0 Å². The predicted octanol–water partition coefficient (Wildman–Crippen LogP) is 2.45. The molecule has 20 heavy (non-hydrogen) atoms. The molecule has 0 bridgehead atoms. The molecule has 1 unspecified atom stereocenters. The Morgan fingerprint density at radius 1 is 1.20 bits per heavy atom. The fraction of sp³-hybridized carbons (Fsp3) is 0.600. The summed E-state index contributed by atoms with van der Waals surface area (Å²) in [6.07, 6.45) is 4.60. The van der Waals surface area contributed by atoms with Gasteiger partial charge in [0.2, 0.25) is 10.0 Å². The van der Waals surface area contributed by atoms with E-state index in [1.54, 1.807) is 0 Å². The summed E-state index contributed by atoms with van der Waals surface area (Å²) in [5, 5.41) is 3.22. The fourth-order valence-electron chi connectivity index (χ4n) is 3.31. The molecule has 2 N–H and O–H groups in total. The van der Waals surface area contributed by atoms with E-state index in [9.17, 15) is 8.42 Å². The number of nitrogens with one attached hydrogen (secondary N) is 2. The average Bonchev–Trinajstić information content (AvgIpc) is 3.08. The number of benzene rings is 1. The first kappa shape index (κ1) is 13.9. The molecular weight excluding hydrogens is 272 g/mol. The second kappa shape index (κ2) is 5.74. The molecule has 1 aromatic carbocycles. The van der Waals surface area contributed by atoms with E-state index in [0.29, 0.717) is 12.5 Å². The first-order valence-corrected chi connectivity index (χ1v) is 9.03. The lowest BCUT2D eigenvalue weighted by Crippen LogP contribution is -2.34. The Balaban J connectivity index is 1.54. The van der Waals surface area contributed by atoms with Crippen LogP contribution in [0.1, 0.15) is 43.6 Å². The fourth-order valence-corrected chi connectivity index (χ4v) is 4.90. The van der Waals surface area contributed by atoms with Crippen LogP contribution in [0.2, 0.25) is 0 Å². The number of hydrogen-bond donors (Lipinski definition) is 2. The second-order valence-electron chi connectivity index (χ2n) is 5.80. The van der Waals surface area contributed by atoms with Gasteiger partial charge in [-0.25, -0.2) is 13.1 Å². The van der Waals surface area contributed by atoms with Gasteiger partial charge >= 0.3 is 0 Å². The van der Waals surface area contributed by atoms with E-state index in [-0.39, 0.29) is 5.25 Å². The van der Waals surface area contributed by atoms with Gasteiger partial charge in [0.1, 0.15) is 0 Å². The number of para-hydroxylation sites is 1. The lowest BCUT2D eigenvalue weighted by molar-refractivity contribution is 0.556. The summed E-state index contributed by atoms with van der Waals surface area (Å²) in [5.41, 5.74) is 2.50. The molecule has 1 atom stereocenters. The molecule has 0 spiro atoms. The molecule has 1 saturated carbocycles. The van der Waals surface area contributed by atoms with E-state index in [4.69, 9.17) is 0 Å². The van der Waals surface area contributed by atoms with Crippen LogP contribution in [0.15, 0.2) is 24.3 Å². The normalized spacial score (nSPS) is 22.7. The smallest absolute Gasteiger partial charge is 0.214 e. The molecule has 1 aromatic rings. The van der Waals surface area contributed by atoms with Crippen LogP contribution >= 0.6 is 0 Å². The molecule has 5 heteroatoms. The average molecular weight is 294 g/mol. The van der Waals surface area contributed by atoms with Gasteiger partial charge in [-0.1, -0.05) is 31.0 Å².